The van der Waals surface area contributed by atoms with Crippen LogP contribution in [-0.4, -0.2) is 23.9 Å². The van der Waals surface area contributed by atoms with E-state index in [1.807, 2.05) is 6.19 Å². The smallest absolute Gasteiger partial charge is 0.322 e. The van der Waals surface area contributed by atoms with Crippen molar-refractivity contribution in [2.24, 2.45) is 0 Å². The molecule has 0 saturated carbocycles. The monoisotopic (exact) mass is 329 g/mol. The van der Waals surface area contributed by atoms with Crippen molar-refractivity contribution in [3.63, 3.8) is 0 Å². The van der Waals surface area contributed by atoms with Gasteiger partial charge in [0.1, 0.15) is 0 Å². The molecule has 22 heavy (non-hydrogen) atoms. The lowest BCUT2D eigenvalue weighted by atomic mass is 10.2. The molecule has 0 unspecified atom stereocenters. The van der Waals surface area contributed by atoms with Crippen molar-refractivity contribution in [3.05, 3.63) is 40.4 Å². The number of amides is 1. The molecule has 0 spiro atoms. The van der Waals surface area contributed by atoms with Crippen LogP contribution in [0.15, 0.2) is 29.8 Å². The van der Waals surface area contributed by atoms with Gasteiger partial charge in [-0.2, -0.15) is 18.4 Å². The lowest BCUT2D eigenvalue weighted by molar-refractivity contribution is -0.137. The van der Waals surface area contributed by atoms with Crippen molar-refractivity contribution in [2.45, 2.75) is 12.6 Å². The number of carbonyl (C=O) groups is 1. The highest BCUT2D eigenvalue weighted by molar-refractivity contribution is 6.31. The second-order valence-electron chi connectivity index (χ2n) is 4.76. The van der Waals surface area contributed by atoms with Gasteiger partial charge in [-0.3, -0.25) is 4.79 Å². The number of nitriles is 1. The summed E-state index contributed by atoms with van der Waals surface area (Å²) in [5, 5.41) is 10.7. The second-order valence-corrected chi connectivity index (χ2v) is 5.16. The molecule has 1 aromatic carbocycles. The van der Waals surface area contributed by atoms with Gasteiger partial charge in [-0.15, -0.1) is 0 Å². The third kappa shape index (κ3) is 3.92. The molecule has 4 nitrogen and oxygen atoms in total. The second kappa shape index (κ2) is 6.28. The zero-order valence-corrected chi connectivity index (χ0v) is 12.0. The number of hydrogen-bond acceptors (Lipinski definition) is 3. The molecule has 1 aromatic rings. The van der Waals surface area contributed by atoms with Gasteiger partial charge in [-0.1, -0.05) is 11.6 Å². The van der Waals surface area contributed by atoms with E-state index in [4.69, 9.17) is 16.9 Å². The molecule has 0 aromatic heterocycles. The lowest BCUT2D eigenvalue weighted by Crippen LogP contribution is -2.13. The first-order valence-corrected chi connectivity index (χ1v) is 6.69. The summed E-state index contributed by atoms with van der Waals surface area (Å²) in [6.45, 7) is 0.896. The van der Waals surface area contributed by atoms with E-state index in [2.05, 4.69) is 5.32 Å². The quantitative estimate of drug-likeness (QED) is 0.668. The average molecular weight is 330 g/mol. The third-order valence-electron chi connectivity index (χ3n) is 3.11. The summed E-state index contributed by atoms with van der Waals surface area (Å²) >= 11 is 5.51. The molecule has 1 fully saturated rings. The number of halogens is 4. The number of likely N-dealkylation sites (tertiary alicyclic amines) is 1. The molecule has 0 bridgehead atoms. The van der Waals surface area contributed by atoms with Crippen molar-refractivity contribution in [1.82, 2.24) is 4.90 Å². The standard InChI is InChI=1S/C14H11ClF3N3O/c15-12-2-1-10(6-11(12)14(16,17)18)20-13(22)5-9-3-4-21(7-9)8-19/h1-2,5-6H,3-4,7H2,(H,20,22). The van der Waals surface area contributed by atoms with E-state index < -0.39 is 22.7 Å². The Labute approximate surface area is 129 Å². The van der Waals surface area contributed by atoms with Crippen molar-refractivity contribution in [2.75, 3.05) is 18.4 Å². The normalized spacial score (nSPS) is 16.7. The van der Waals surface area contributed by atoms with E-state index in [1.54, 1.807) is 0 Å². The van der Waals surface area contributed by atoms with Crippen molar-refractivity contribution >= 4 is 23.2 Å². The first kappa shape index (κ1) is 16.2. The minimum atomic E-state index is -4.59. The van der Waals surface area contributed by atoms with Crippen molar-refractivity contribution in [3.8, 4) is 6.19 Å². The van der Waals surface area contributed by atoms with Crippen LogP contribution in [0, 0.1) is 11.5 Å². The van der Waals surface area contributed by atoms with E-state index in [1.165, 1.54) is 17.0 Å². The summed E-state index contributed by atoms with van der Waals surface area (Å²) in [5.41, 5.74) is -0.242. The maximum atomic E-state index is 12.7. The molecule has 1 N–H and O–H groups in total. The Morgan fingerprint density at radius 1 is 1.45 bits per heavy atom. The number of alkyl halides is 3. The van der Waals surface area contributed by atoms with Crippen molar-refractivity contribution < 1.29 is 18.0 Å². The summed E-state index contributed by atoms with van der Waals surface area (Å²) in [7, 11) is 0. The fraction of sp³-hybridized carbons (Fsp3) is 0.286. The molecule has 1 heterocycles. The first-order chi connectivity index (χ1) is 10.3. The molecular formula is C14H11ClF3N3O. The minimum Gasteiger partial charge on any atom is -0.322 e. The fourth-order valence-electron chi connectivity index (χ4n) is 2.07. The number of anilines is 1. The highest BCUT2D eigenvalue weighted by atomic mass is 35.5. The van der Waals surface area contributed by atoms with Gasteiger partial charge in [0.15, 0.2) is 6.19 Å². The van der Waals surface area contributed by atoms with Gasteiger partial charge < -0.3 is 10.2 Å². The van der Waals surface area contributed by atoms with Crippen LogP contribution in [0.4, 0.5) is 18.9 Å². The summed E-state index contributed by atoms with van der Waals surface area (Å²) in [6, 6.07) is 3.17. The third-order valence-corrected chi connectivity index (χ3v) is 3.44. The summed E-state index contributed by atoms with van der Waals surface area (Å²) in [4.78, 5) is 13.3. The SMILES string of the molecule is N#CN1CCC(=CC(=O)Nc2ccc(Cl)c(C(F)(F)F)c2)C1. The molecule has 1 amide bonds. The lowest BCUT2D eigenvalue weighted by Gasteiger charge is -2.11. The molecule has 0 radical (unpaired) electrons. The molecule has 1 aliphatic rings. The maximum Gasteiger partial charge on any atom is 0.417 e. The van der Waals surface area contributed by atoms with Gasteiger partial charge in [0.05, 0.1) is 10.6 Å². The molecule has 0 atom stereocenters. The Morgan fingerprint density at radius 3 is 2.77 bits per heavy atom. The van der Waals surface area contributed by atoms with Crippen LogP contribution in [0.5, 0.6) is 0 Å². The predicted octanol–water partition coefficient (Wildman–Crippen LogP) is 3.41. The number of benzene rings is 1. The largest absolute Gasteiger partial charge is 0.417 e. The van der Waals surface area contributed by atoms with Crippen LogP contribution >= 0.6 is 11.6 Å². The van der Waals surface area contributed by atoms with E-state index >= 15 is 0 Å². The zero-order chi connectivity index (χ0) is 16.3. The predicted molar refractivity (Wildman–Crippen MR) is 75.0 cm³/mol. The highest BCUT2D eigenvalue weighted by Crippen LogP contribution is 2.36. The van der Waals surface area contributed by atoms with Crippen LogP contribution in [0.2, 0.25) is 5.02 Å². The Balaban J connectivity index is 2.10. The first-order valence-electron chi connectivity index (χ1n) is 6.31. The van der Waals surface area contributed by atoms with E-state index in [0.29, 0.717) is 19.5 Å². The molecule has 1 saturated heterocycles. The van der Waals surface area contributed by atoms with Crippen LogP contribution in [0.1, 0.15) is 12.0 Å². The molecule has 0 aliphatic carbocycles. The number of carbonyl (C=O) groups excluding carboxylic acids is 1. The van der Waals surface area contributed by atoms with Crippen molar-refractivity contribution in [1.29, 1.82) is 5.26 Å². The Kier molecular flexibility index (Phi) is 4.62. The van der Waals surface area contributed by atoms with E-state index in [-0.39, 0.29) is 5.69 Å². The molecule has 116 valence electrons. The van der Waals surface area contributed by atoms with Gasteiger partial charge in [0.25, 0.3) is 0 Å². The Bertz CT molecular complexity index is 664. The summed E-state index contributed by atoms with van der Waals surface area (Å²) < 4.78 is 38.2. The molecular weight excluding hydrogens is 319 g/mol. The Hall–Kier alpha value is -2.20. The zero-order valence-electron chi connectivity index (χ0n) is 11.2. The fourth-order valence-corrected chi connectivity index (χ4v) is 2.29. The number of hydrogen-bond donors (Lipinski definition) is 1. The van der Waals surface area contributed by atoms with Gasteiger partial charge in [-0.25, -0.2) is 0 Å². The van der Waals surface area contributed by atoms with Crippen LogP contribution in [0.25, 0.3) is 0 Å². The van der Waals surface area contributed by atoms with Gasteiger partial charge in [-0.05, 0) is 30.2 Å². The van der Waals surface area contributed by atoms with E-state index in [9.17, 15) is 18.0 Å². The topological polar surface area (TPSA) is 56.1 Å². The highest BCUT2D eigenvalue weighted by Gasteiger charge is 2.33. The number of rotatable bonds is 2. The van der Waals surface area contributed by atoms with Gasteiger partial charge in [0.2, 0.25) is 5.91 Å². The molecule has 1 aliphatic heterocycles. The van der Waals surface area contributed by atoms with Gasteiger partial charge >= 0.3 is 6.18 Å². The Morgan fingerprint density at radius 2 is 2.18 bits per heavy atom. The summed E-state index contributed by atoms with van der Waals surface area (Å²) in [6.07, 6.45) is -0.736. The maximum absolute atomic E-state index is 12.7. The van der Waals surface area contributed by atoms with E-state index in [0.717, 1.165) is 17.7 Å². The number of nitrogens with one attached hydrogen (secondary N) is 1. The number of nitrogens with zero attached hydrogens (tertiary/aromatic N) is 2. The molecule has 8 heteroatoms. The van der Waals surface area contributed by atoms with Crippen LogP contribution in [0.3, 0.4) is 0 Å². The van der Waals surface area contributed by atoms with Crippen LogP contribution in [-0.2, 0) is 11.0 Å². The van der Waals surface area contributed by atoms with Crippen LogP contribution < -0.4 is 5.32 Å². The molecule has 2 rings (SSSR count). The average Bonchev–Trinajstić information content (AvgIpc) is 2.87. The van der Waals surface area contributed by atoms with Gasteiger partial charge in [0, 0.05) is 24.9 Å². The minimum absolute atomic E-state index is 0.00807. The summed E-state index contributed by atoms with van der Waals surface area (Å²) in [5.74, 6) is -0.537.